The highest BCUT2D eigenvalue weighted by Gasteiger charge is 2.57. The number of hydrogen-bond acceptors (Lipinski definition) is 7. The van der Waals surface area contributed by atoms with Crippen LogP contribution in [0.5, 0.6) is 0 Å². The Morgan fingerprint density at radius 1 is 1.33 bits per heavy atom. The van der Waals surface area contributed by atoms with E-state index in [1.807, 2.05) is 0 Å². The van der Waals surface area contributed by atoms with Gasteiger partial charge in [-0.1, -0.05) is 0 Å². The molecule has 24 heavy (non-hydrogen) atoms. The van der Waals surface area contributed by atoms with E-state index in [1.165, 1.54) is 30.0 Å². The van der Waals surface area contributed by atoms with Gasteiger partial charge >= 0.3 is 0 Å². The molecule has 2 aliphatic rings. The number of rotatable bonds is 5. The van der Waals surface area contributed by atoms with Crippen LogP contribution >= 0.6 is 0 Å². The first-order valence-corrected chi connectivity index (χ1v) is 7.68. The third-order valence-corrected chi connectivity index (χ3v) is 4.47. The number of aliphatic hydroxyl groups is 2. The van der Waals surface area contributed by atoms with Crippen molar-refractivity contribution in [2.45, 2.75) is 50.1 Å². The molecule has 2 rings (SSSR count). The van der Waals surface area contributed by atoms with E-state index in [1.54, 1.807) is 0 Å². The monoisotopic (exact) mass is 341 g/mol. The number of primary amides is 1. The summed E-state index contributed by atoms with van der Waals surface area (Å²) in [7, 11) is 0. The minimum absolute atomic E-state index is 0.144. The lowest BCUT2D eigenvalue weighted by Crippen LogP contribution is -2.73. The molecular formula is C14H23N5O5. The minimum Gasteiger partial charge on any atom is -0.391 e. The Balaban J connectivity index is 2.07. The van der Waals surface area contributed by atoms with E-state index >= 15 is 0 Å². The molecule has 1 spiro atoms. The topological polar surface area (TPSA) is 163 Å². The average Bonchev–Trinajstić information content (AvgIpc) is 2.52. The Morgan fingerprint density at radius 3 is 2.33 bits per heavy atom. The van der Waals surface area contributed by atoms with Crippen LogP contribution in [-0.2, 0) is 14.4 Å². The van der Waals surface area contributed by atoms with Crippen molar-refractivity contribution in [3.8, 4) is 0 Å². The normalized spacial score (nSPS) is 28.3. The maximum Gasteiger partial charge on any atom is 0.253 e. The van der Waals surface area contributed by atoms with Crippen molar-refractivity contribution in [2.24, 2.45) is 16.5 Å². The molecule has 0 radical (unpaired) electrons. The summed E-state index contributed by atoms with van der Waals surface area (Å²) < 4.78 is 0. The zero-order valence-electron chi connectivity index (χ0n) is 13.6. The molecule has 6 N–H and O–H groups in total. The number of carbonyl (C=O) groups is 3. The van der Waals surface area contributed by atoms with Crippen LogP contribution in [0.25, 0.3) is 0 Å². The van der Waals surface area contributed by atoms with Crippen LogP contribution in [0.15, 0.2) is 4.99 Å². The summed E-state index contributed by atoms with van der Waals surface area (Å²) in [5, 5.41) is 19.0. The number of β-lactam (4-membered cyclic amide) rings is 1. The molecule has 1 saturated heterocycles. The lowest BCUT2D eigenvalue weighted by atomic mass is 9.82. The van der Waals surface area contributed by atoms with Crippen LogP contribution < -0.4 is 11.5 Å². The SMILES string of the molecule is C[C@@H](O)[C@H](N)C(=O)N1C=NC2(CC1)CN([C@H](C(N)=O)[C@@H](C)O)C2=O. The van der Waals surface area contributed by atoms with Gasteiger partial charge in [-0.15, -0.1) is 0 Å². The van der Waals surface area contributed by atoms with Crippen LogP contribution in [0, 0.1) is 0 Å². The van der Waals surface area contributed by atoms with Crippen molar-refractivity contribution in [1.82, 2.24) is 9.80 Å². The number of aliphatic hydroxyl groups excluding tert-OH is 2. The second-order valence-corrected chi connectivity index (χ2v) is 6.35. The van der Waals surface area contributed by atoms with Crippen LogP contribution in [0.1, 0.15) is 20.3 Å². The van der Waals surface area contributed by atoms with Crippen molar-refractivity contribution >= 4 is 24.1 Å². The molecular weight excluding hydrogens is 318 g/mol. The van der Waals surface area contributed by atoms with Crippen LogP contribution in [0.3, 0.4) is 0 Å². The molecule has 2 heterocycles. The molecule has 0 saturated carbocycles. The molecule has 134 valence electrons. The number of aliphatic imine (C=N–C) groups is 1. The van der Waals surface area contributed by atoms with Gasteiger partial charge in [-0.05, 0) is 13.8 Å². The molecule has 1 unspecified atom stereocenters. The van der Waals surface area contributed by atoms with E-state index in [9.17, 15) is 24.6 Å². The Labute approximate surface area is 139 Å². The van der Waals surface area contributed by atoms with Gasteiger partial charge in [-0.2, -0.15) is 0 Å². The summed E-state index contributed by atoms with van der Waals surface area (Å²) in [4.78, 5) is 42.5. The van der Waals surface area contributed by atoms with Gasteiger partial charge < -0.3 is 31.5 Å². The van der Waals surface area contributed by atoms with Gasteiger partial charge in [0.05, 0.1) is 25.1 Å². The summed E-state index contributed by atoms with van der Waals surface area (Å²) >= 11 is 0. The van der Waals surface area contributed by atoms with Gasteiger partial charge in [-0.3, -0.25) is 19.4 Å². The molecule has 2 aliphatic heterocycles. The second kappa shape index (κ2) is 6.46. The van der Waals surface area contributed by atoms with Crippen molar-refractivity contribution < 1.29 is 24.6 Å². The van der Waals surface area contributed by atoms with Gasteiger partial charge in [0.25, 0.3) is 5.91 Å². The number of likely N-dealkylation sites (tertiary alicyclic amines) is 1. The fourth-order valence-corrected chi connectivity index (χ4v) is 2.93. The van der Waals surface area contributed by atoms with Gasteiger partial charge in [0.2, 0.25) is 11.8 Å². The van der Waals surface area contributed by atoms with E-state index in [-0.39, 0.29) is 19.5 Å². The summed E-state index contributed by atoms with van der Waals surface area (Å²) in [5.74, 6) is -1.67. The highest BCUT2D eigenvalue weighted by Crippen LogP contribution is 2.34. The number of nitrogens with two attached hydrogens (primary N) is 2. The van der Waals surface area contributed by atoms with E-state index in [2.05, 4.69) is 4.99 Å². The summed E-state index contributed by atoms with van der Waals surface area (Å²) in [6, 6.07) is -2.16. The van der Waals surface area contributed by atoms with E-state index in [0.29, 0.717) is 0 Å². The summed E-state index contributed by atoms with van der Waals surface area (Å²) in [6.07, 6.45) is -0.573. The molecule has 0 aromatic carbocycles. The highest BCUT2D eigenvalue weighted by molar-refractivity contribution is 6.00. The van der Waals surface area contributed by atoms with Crippen LogP contribution in [-0.4, -0.2) is 87.0 Å². The zero-order valence-corrected chi connectivity index (χ0v) is 13.6. The molecule has 0 aliphatic carbocycles. The number of carbonyl (C=O) groups excluding carboxylic acids is 3. The van der Waals surface area contributed by atoms with Crippen molar-refractivity contribution in [1.29, 1.82) is 0 Å². The molecule has 10 heteroatoms. The Bertz CT molecular complexity index is 578. The molecule has 0 bridgehead atoms. The summed E-state index contributed by atoms with van der Waals surface area (Å²) in [6.45, 7) is 3.16. The Hall–Kier alpha value is -2.04. The first-order chi connectivity index (χ1) is 11.1. The third kappa shape index (κ3) is 2.99. The van der Waals surface area contributed by atoms with E-state index < -0.39 is 47.6 Å². The zero-order chi connectivity index (χ0) is 18.2. The van der Waals surface area contributed by atoms with Gasteiger partial charge in [0.1, 0.15) is 12.1 Å². The van der Waals surface area contributed by atoms with Crippen molar-refractivity contribution in [3.05, 3.63) is 0 Å². The fourth-order valence-electron chi connectivity index (χ4n) is 2.93. The number of hydrogen-bond donors (Lipinski definition) is 4. The third-order valence-electron chi connectivity index (χ3n) is 4.47. The predicted octanol–water partition coefficient (Wildman–Crippen LogP) is -3.23. The van der Waals surface area contributed by atoms with Crippen LogP contribution in [0.2, 0.25) is 0 Å². The van der Waals surface area contributed by atoms with Crippen molar-refractivity contribution in [3.63, 3.8) is 0 Å². The lowest BCUT2D eigenvalue weighted by Gasteiger charge is -2.51. The first-order valence-electron chi connectivity index (χ1n) is 7.68. The van der Waals surface area contributed by atoms with Gasteiger partial charge in [0.15, 0.2) is 5.54 Å². The maximum atomic E-state index is 12.4. The van der Waals surface area contributed by atoms with Crippen LogP contribution in [0.4, 0.5) is 0 Å². The Kier molecular flexibility index (Phi) is 4.92. The smallest absolute Gasteiger partial charge is 0.253 e. The second-order valence-electron chi connectivity index (χ2n) is 6.35. The standard InChI is InChI=1S/C14H23N5O5/c1-7(20)9(15)12(23)18-4-3-14(17-6-18)5-19(13(14)24)10(8(2)21)11(16)22/h6-10,20-21H,3-5,15H2,1-2H3,(H2,16,22)/t7-,8-,9+,10+,14?/m1/s1. The maximum absolute atomic E-state index is 12.4. The molecule has 10 nitrogen and oxygen atoms in total. The molecule has 5 atom stereocenters. The van der Waals surface area contributed by atoms with Crippen molar-refractivity contribution in [2.75, 3.05) is 13.1 Å². The quantitative estimate of drug-likeness (QED) is 0.384. The highest BCUT2D eigenvalue weighted by atomic mass is 16.3. The molecule has 0 aromatic heterocycles. The predicted molar refractivity (Wildman–Crippen MR) is 83.6 cm³/mol. The fraction of sp³-hybridized carbons (Fsp3) is 0.714. The van der Waals surface area contributed by atoms with Gasteiger partial charge in [0, 0.05) is 13.0 Å². The number of nitrogens with zero attached hydrogens (tertiary/aromatic N) is 3. The number of amides is 3. The van der Waals surface area contributed by atoms with Gasteiger partial charge in [-0.25, -0.2) is 0 Å². The minimum atomic E-state index is -1.10. The van der Waals surface area contributed by atoms with E-state index in [4.69, 9.17) is 11.5 Å². The largest absolute Gasteiger partial charge is 0.391 e. The molecule has 3 amide bonds. The average molecular weight is 341 g/mol. The first kappa shape index (κ1) is 18.3. The van der Waals surface area contributed by atoms with E-state index in [0.717, 1.165) is 0 Å². The summed E-state index contributed by atoms with van der Waals surface area (Å²) in [5.41, 5.74) is 9.80. The Morgan fingerprint density at radius 2 is 1.96 bits per heavy atom. The lowest BCUT2D eigenvalue weighted by molar-refractivity contribution is -0.163. The molecule has 1 fully saturated rings. The molecule has 0 aromatic rings.